The fourth-order valence-electron chi connectivity index (χ4n) is 10.4. The maximum atomic E-state index is 7.80. The van der Waals surface area contributed by atoms with Crippen LogP contribution in [0.5, 0.6) is 11.5 Å². The van der Waals surface area contributed by atoms with Crippen LogP contribution in [-0.4, -0.2) is 33.4 Å². The first-order chi connectivity index (χ1) is 27.2. The number of anilines is 1. The molecule has 1 saturated heterocycles. The number of rotatable bonds is 4. The van der Waals surface area contributed by atoms with Crippen LogP contribution >= 0.6 is 0 Å². The second-order valence-corrected chi connectivity index (χ2v) is 17.0. The number of fused-ring (bicyclic) bond motifs is 12. The number of benzene rings is 7. The Morgan fingerprint density at radius 2 is 1.32 bits per heavy atom. The lowest BCUT2D eigenvalue weighted by Crippen LogP contribution is -2.37. The van der Waals surface area contributed by atoms with Gasteiger partial charge in [-0.2, -0.15) is 0 Å². The topological polar surface area (TPSA) is 30.9 Å². The van der Waals surface area contributed by atoms with E-state index in [-0.39, 0.29) is 10.8 Å². The molecule has 56 heavy (non-hydrogen) atoms. The molecular formula is C52H45NO3. The van der Waals surface area contributed by atoms with Gasteiger partial charge < -0.3 is 19.1 Å². The van der Waals surface area contributed by atoms with Gasteiger partial charge in [0.2, 0.25) is 0 Å². The molecule has 276 valence electrons. The summed E-state index contributed by atoms with van der Waals surface area (Å²) in [6.07, 6.45) is 4.69. The first-order valence-corrected chi connectivity index (χ1v) is 20.0. The number of methoxy groups -OCH3 is 1. The third kappa shape index (κ3) is 4.57. The zero-order chi connectivity index (χ0) is 38.0. The third-order valence-corrected chi connectivity index (χ3v) is 13.4. The lowest BCUT2D eigenvalue weighted by atomic mass is 9.75. The van der Waals surface area contributed by atoms with E-state index < -0.39 is 5.60 Å². The van der Waals surface area contributed by atoms with E-state index in [0.717, 1.165) is 59.9 Å². The number of morpholine rings is 1. The van der Waals surface area contributed by atoms with Crippen LogP contribution in [0.3, 0.4) is 0 Å². The summed E-state index contributed by atoms with van der Waals surface area (Å²) < 4.78 is 19.4. The van der Waals surface area contributed by atoms with Gasteiger partial charge in [-0.25, -0.2) is 0 Å². The largest absolute Gasteiger partial charge is 0.497 e. The Labute approximate surface area is 329 Å². The van der Waals surface area contributed by atoms with Gasteiger partial charge in [-0.1, -0.05) is 107 Å². The molecule has 1 atom stereocenters. The van der Waals surface area contributed by atoms with Crippen molar-refractivity contribution in [2.75, 3.05) is 38.3 Å². The quantitative estimate of drug-likeness (QED) is 0.180. The molecular weight excluding hydrogens is 687 g/mol. The molecule has 11 rings (SSSR count). The lowest BCUT2D eigenvalue weighted by Gasteiger charge is -2.39. The first kappa shape index (κ1) is 33.5. The second-order valence-electron chi connectivity index (χ2n) is 17.0. The van der Waals surface area contributed by atoms with Crippen LogP contribution in [0.25, 0.3) is 49.9 Å². The SMILES string of the molecule is COc1ccc2c3c(c4c(c2c1)OC(c1ccc(N2CCOCC2)cc1)(c1ccc2c(c1)C(C)(C)c1cc5ccccc5cc1-2)C=C4)C(C)(C)c1ccccc1-3. The van der Waals surface area contributed by atoms with Gasteiger partial charge in [-0.3, -0.25) is 0 Å². The van der Waals surface area contributed by atoms with Crippen molar-refractivity contribution in [3.8, 4) is 33.8 Å². The van der Waals surface area contributed by atoms with Gasteiger partial charge in [0.05, 0.1) is 20.3 Å². The summed E-state index contributed by atoms with van der Waals surface area (Å²) in [4.78, 5) is 2.41. The molecule has 1 unspecified atom stereocenters. The standard InChI is InChI=1S/C52H45NO3/c1-50(2)45-29-33-11-7-6-10-32(33)28-42(45)38-20-16-35(30-46(38)50)52(34-14-17-36(18-15-34)53-24-26-55-27-25-53)23-22-41-48-47(40-12-8-9-13-44(40)51(48,3)4)39-21-19-37(54-5)31-43(39)49(41)56-52/h6-23,28-31H,24-27H2,1-5H3. The normalized spacial score (nSPS) is 19.6. The minimum absolute atomic E-state index is 0.195. The van der Waals surface area contributed by atoms with E-state index in [2.05, 4.69) is 166 Å². The van der Waals surface area contributed by atoms with E-state index in [4.69, 9.17) is 14.2 Å². The highest BCUT2D eigenvalue weighted by molar-refractivity contribution is 6.09. The lowest BCUT2D eigenvalue weighted by molar-refractivity contribution is 0.122. The van der Waals surface area contributed by atoms with Crippen molar-refractivity contribution < 1.29 is 14.2 Å². The van der Waals surface area contributed by atoms with E-state index in [0.29, 0.717) is 0 Å². The summed E-state index contributed by atoms with van der Waals surface area (Å²) in [6, 6.07) is 45.0. The van der Waals surface area contributed by atoms with E-state index in [9.17, 15) is 0 Å². The molecule has 2 aliphatic heterocycles. The highest BCUT2D eigenvalue weighted by Gasteiger charge is 2.45. The predicted molar refractivity (Wildman–Crippen MR) is 229 cm³/mol. The Morgan fingerprint density at radius 1 is 0.607 bits per heavy atom. The van der Waals surface area contributed by atoms with Crippen LogP contribution in [0.1, 0.15) is 66.6 Å². The van der Waals surface area contributed by atoms with Gasteiger partial charge in [0.1, 0.15) is 11.5 Å². The van der Waals surface area contributed by atoms with Gasteiger partial charge in [0.25, 0.3) is 0 Å². The van der Waals surface area contributed by atoms with Crippen molar-refractivity contribution in [3.63, 3.8) is 0 Å². The molecule has 4 heteroatoms. The molecule has 0 radical (unpaired) electrons. The van der Waals surface area contributed by atoms with Crippen LogP contribution in [0.4, 0.5) is 5.69 Å². The summed E-state index contributed by atoms with van der Waals surface area (Å²) in [5, 5.41) is 4.79. The van der Waals surface area contributed by atoms with Crippen LogP contribution in [0, 0.1) is 0 Å². The monoisotopic (exact) mass is 731 g/mol. The summed E-state index contributed by atoms with van der Waals surface area (Å²) in [5.74, 6) is 1.71. The molecule has 7 aromatic rings. The van der Waals surface area contributed by atoms with E-state index in [1.165, 1.54) is 66.4 Å². The smallest absolute Gasteiger partial charge is 0.178 e. The van der Waals surface area contributed by atoms with Crippen LogP contribution < -0.4 is 14.4 Å². The molecule has 4 nitrogen and oxygen atoms in total. The first-order valence-electron chi connectivity index (χ1n) is 20.0. The van der Waals surface area contributed by atoms with Crippen LogP contribution in [0.2, 0.25) is 0 Å². The van der Waals surface area contributed by atoms with Crippen LogP contribution in [0.15, 0.2) is 127 Å². The van der Waals surface area contributed by atoms with E-state index in [1.54, 1.807) is 7.11 Å². The summed E-state index contributed by atoms with van der Waals surface area (Å²) in [5.41, 5.74) is 13.8. The average Bonchev–Trinajstić information content (AvgIpc) is 3.62. The summed E-state index contributed by atoms with van der Waals surface area (Å²) >= 11 is 0. The number of nitrogens with zero attached hydrogens (tertiary/aromatic N) is 1. The fraction of sp³-hybridized carbons (Fsp3) is 0.231. The fourth-order valence-corrected chi connectivity index (χ4v) is 10.4. The minimum Gasteiger partial charge on any atom is -0.497 e. The molecule has 0 spiro atoms. The number of ether oxygens (including phenoxy) is 3. The molecule has 2 heterocycles. The number of hydrogen-bond donors (Lipinski definition) is 0. The predicted octanol–water partition coefficient (Wildman–Crippen LogP) is 11.8. The van der Waals surface area contributed by atoms with Gasteiger partial charge >= 0.3 is 0 Å². The summed E-state index contributed by atoms with van der Waals surface area (Å²) in [7, 11) is 1.74. The Balaban J connectivity index is 1.15. The zero-order valence-corrected chi connectivity index (χ0v) is 32.7. The molecule has 0 N–H and O–H groups in total. The minimum atomic E-state index is -0.902. The summed E-state index contributed by atoms with van der Waals surface area (Å²) in [6.45, 7) is 12.7. The van der Waals surface area contributed by atoms with Crippen molar-refractivity contribution in [2.24, 2.45) is 0 Å². The average molecular weight is 732 g/mol. The van der Waals surface area contributed by atoms with Gasteiger partial charge in [-0.15, -0.1) is 0 Å². The highest BCUT2D eigenvalue weighted by Crippen LogP contribution is 2.59. The maximum Gasteiger partial charge on any atom is 0.178 e. The molecule has 0 amide bonds. The Kier molecular flexibility index (Phi) is 7.08. The molecule has 0 bridgehead atoms. The second kappa shape index (κ2) is 11.8. The Hall–Kier alpha value is -5.84. The van der Waals surface area contributed by atoms with E-state index in [1.807, 2.05) is 0 Å². The maximum absolute atomic E-state index is 7.80. The molecule has 7 aromatic carbocycles. The van der Waals surface area contributed by atoms with Gasteiger partial charge in [0, 0.05) is 51.7 Å². The van der Waals surface area contributed by atoms with Crippen molar-refractivity contribution in [1.82, 2.24) is 0 Å². The third-order valence-electron chi connectivity index (χ3n) is 13.4. The number of hydrogen-bond acceptors (Lipinski definition) is 4. The Morgan fingerprint density at radius 3 is 2.11 bits per heavy atom. The van der Waals surface area contributed by atoms with Crippen LogP contribution in [-0.2, 0) is 21.2 Å². The Bertz CT molecular complexity index is 2800. The van der Waals surface area contributed by atoms with Gasteiger partial charge in [0.15, 0.2) is 5.60 Å². The molecule has 1 fully saturated rings. The molecule has 2 aliphatic carbocycles. The van der Waals surface area contributed by atoms with Crippen molar-refractivity contribution in [1.29, 1.82) is 0 Å². The molecule has 0 saturated carbocycles. The highest BCUT2D eigenvalue weighted by atomic mass is 16.5. The molecule has 0 aromatic heterocycles. The van der Waals surface area contributed by atoms with Crippen molar-refractivity contribution in [2.45, 2.75) is 44.1 Å². The van der Waals surface area contributed by atoms with Crippen molar-refractivity contribution in [3.05, 3.63) is 166 Å². The van der Waals surface area contributed by atoms with E-state index >= 15 is 0 Å². The van der Waals surface area contributed by atoms with Gasteiger partial charge in [-0.05, 0) is 115 Å². The molecule has 4 aliphatic rings. The zero-order valence-electron chi connectivity index (χ0n) is 32.7. The van der Waals surface area contributed by atoms with Crippen molar-refractivity contribution >= 4 is 33.3 Å².